The third kappa shape index (κ3) is 3.08. The van der Waals surface area contributed by atoms with Crippen LogP contribution in [0.5, 0.6) is 17.2 Å². The van der Waals surface area contributed by atoms with Gasteiger partial charge in [-0.3, -0.25) is 4.79 Å². The normalized spacial score (nSPS) is 12.7. The van der Waals surface area contributed by atoms with Crippen LogP contribution >= 0.6 is 0 Å². The molecule has 0 radical (unpaired) electrons. The van der Waals surface area contributed by atoms with Gasteiger partial charge in [0.1, 0.15) is 13.2 Å². The van der Waals surface area contributed by atoms with Crippen molar-refractivity contribution in [2.45, 2.75) is 13.8 Å². The van der Waals surface area contributed by atoms with Crippen LogP contribution in [-0.4, -0.2) is 26.2 Å². The van der Waals surface area contributed by atoms with Crippen LogP contribution in [0.2, 0.25) is 0 Å². The lowest BCUT2D eigenvalue weighted by Crippen LogP contribution is -2.18. The number of methoxy groups -OCH3 is 1. The summed E-state index contributed by atoms with van der Waals surface area (Å²) in [5.41, 5.74) is 3.53. The van der Waals surface area contributed by atoms with E-state index < -0.39 is 0 Å². The molecule has 5 heteroatoms. The van der Waals surface area contributed by atoms with Crippen LogP contribution in [0.4, 0.5) is 5.69 Å². The third-order valence-electron chi connectivity index (χ3n) is 3.85. The Morgan fingerprint density at radius 2 is 1.87 bits per heavy atom. The van der Waals surface area contributed by atoms with E-state index in [1.807, 2.05) is 32.0 Å². The van der Waals surface area contributed by atoms with Gasteiger partial charge in [-0.05, 0) is 49.2 Å². The van der Waals surface area contributed by atoms with Gasteiger partial charge in [0.25, 0.3) is 5.91 Å². The molecule has 0 saturated carbocycles. The smallest absolute Gasteiger partial charge is 0.255 e. The van der Waals surface area contributed by atoms with Crippen LogP contribution in [0.1, 0.15) is 21.5 Å². The van der Waals surface area contributed by atoms with Crippen molar-refractivity contribution >= 4 is 11.6 Å². The Morgan fingerprint density at radius 3 is 2.61 bits per heavy atom. The molecule has 0 aromatic heterocycles. The molecule has 0 aliphatic carbocycles. The summed E-state index contributed by atoms with van der Waals surface area (Å²) in [6.45, 7) is 4.97. The SMILES string of the molecule is COc1cc(C(=O)Nc2ccc(C)c(C)c2)cc2c1OCCO2. The Morgan fingerprint density at radius 1 is 1.09 bits per heavy atom. The van der Waals surface area contributed by atoms with Crippen LogP contribution in [0.3, 0.4) is 0 Å². The summed E-state index contributed by atoms with van der Waals surface area (Å²) in [6, 6.07) is 9.14. The summed E-state index contributed by atoms with van der Waals surface area (Å²) in [5.74, 6) is 1.35. The zero-order chi connectivity index (χ0) is 16.4. The highest BCUT2D eigenvalue weighted by atomic mass is 16.6. The summed E-state index contributed by atoms with van der Waals surface area (Å²) in [7, 11) is 1.54. The van der Waals surface area contributed by atoms with Crippen molar-refractivity contribution in [3.63, 3.8) is 0 Å². The number of fused-ring (bicyclic) bond motifs is 1. The molecule has 0 unspecified atom stereocenters. The molecule has 23 heavy (non-hydrogen) atoms. The number of hydrogen-bond acceptors (Lipinski definition) is 4. The lowest BCUT2D eigenvalue weighted by Gasteiger charge is -2.21. The molecule has 5 nitrogen and oxygen atoms in total. The number of carbonyl (C=O) groups is 1. The number of hydrogen-bond donors (Lipinski definition) is 1. The molecule has 1 N–H and O–H groups in total. The Kier molecular flexibility index (Phi) is 4.10. The first-order chi connectivity index (χ1) is 11.1. The highest BCUT2D eigenvalue weighted by Crippen LogP contribution is 2.40. The summed E-state index contributed by atoms with van der Waals surface area (Å²) in [6.07, 6.45) is 0. The number of ether oxygens (including phenoxy) is 3. The molecular formula is C18H19NO4. The maximum Gasteiger partial charge on any atom is 0.255 e. The second-order valence-electron chi connectivity index (χ2n) is 5.46. The first kappa shape index (κ1) is 15.2. The molecule has 0 atom stereocenters. The lowest BCUT2D eigenvalue weighted by molar-refractivity contribution is 0.102. The van der Waals surface area contributed by atoms with E-state index in [1.54, 1.807) is 19.2 Å². The van der Waals surface area contributed by atoms with Gasteiger partial charge in [0.05, 0.1) is 7.11 Å². The zero-order valence-electron chi connectivity index (χ0n) is 13.4. The van der Waals surface area contributed by atoms with Gasteiger partial charge in [-0.15, -0.1) is 0 Å². The number of nitrogens with one attached hydrogen (secondary N) is 1. The van der Waals surface area contributed by atoms with Crippen molar-refractivity contribution in [1.82, 2.24) is 0 Å². The molecule has 2 aromatic carbocycles. The molecular weight excluding hydrogens is 294 g/mol. The number of rotatable bonds is 3. The highest BCUT2D eigenvalue weighted by Gasteiger charge is 2.21. The molecule has 0 saturated heterocycles. The van der Waals surface area contributed by atoms with Gasteiger partial charge in [0.2, 0.25) is 5.75 Å². The number of amides is 1. The van der Waals surface area contributed by atoms with E-state index in [2.05, 4.69) is 5.32 Å². The Hall–Kier alpha value is -2.69. The Bertz CT molecular complexity index is 738. The molecule has 0 fully saturated rings. The minimum absolute atomic E-state index is 0.219. The van der Waals surface area contributed by atoms with E-state index in [0.717, 1.165) is 11.3 Å². The van der Waals surface area contributed by atoms with Crippen LogP contribution in [0, 0.1) is 13.8 Å². The maximum atomic E-state index is 12.5. The summed E-state index contributed by atoms with van der Waals surface area (Å²) < 4.78 is 16.4. The average molecular weight is 313 g/mol. The minimum Gasteiger partial charge on any atom is -0.493 e. The van der Waals surface area contributed by atoms with Crippen molar-refractivity contribution in [2.24, 2.45) is 0 Å². The number of benzene rings is 2. The third-order valence-corrected chi connectivity index (χ3v) is 3.85. The van der Waals surface area contributed by atoms with Gasteiger partial charge in [0.15, 0.2) is 11.5 Å². The van der Waals surface area contributed by atoms with E-state index in [0.29, 0.717) is 36.0 Å². The Labute approximate surface area is 135 Å². The molecule has 0 spiro atoms. The predicted molar refractivity (Wildman–Crippen MR) is 87.9 cm³/mol. The fourth-order valence-corrected chi connectivity index (χ4v) is 2.43. The second kappa shape index (κ2) is 6.20. The minimum atomic E-state index is -0.219. The quantitative estimate of drug-likeness (QED) is 0.944. The van der Waals surface area contributed by atoms with Gasteiger partial charge in [-0.25, -0.2) is 0 Å². The molecule has 2 aromatic rings. The van der Waals surface area contributed by atoms with E-state index >= 15 is 0 Å². The number of carbonyl (C=O) groups excluding carboxylic acids is 1. The molecule has 1 heterocycles. The van der Waals surface area contributed by atoms with E-state index in [4.69, 9.17) is 14.2 Å². The van der Waals surface area contributed by atoms with Gasteiger partial charge in [0, 0.05) is 11.3 Å². The monoisotopic (exact) mass is 313 g/mol. The van der Waals surface area contributed by atoms with E-state index in [-0.39, 0.29) is 5.91 Å². The fourth-order valence-electron chi connectivity index (χ4n) is 2.43. The standard InChI is InChI=1S/C18H19NO4/c1-11-4-5-14(8-12(11)2)19-18(20)13-9-15(21-3)17-16(10-13)22-6-7-23-17/h4-5,8-10H,6-7H2,1-3H3,(H,19,20). The largest absolute Gasteiger partial charge is 0.493 e. The van der Waals surface area contributed by atoms with Crippen LogP contribution in [0.15, 0.2) is 30.3 Å². The predicted octanol–water partition coefficient (Wildman–Crippen LogP) is 3.34. The molecule has 0 bridgehead atoms. The van der Waals surface area contributed by atoms with E-state index in [1.165, 1.54) is 5.56 Å². The van der Waals surface area contributed by atoms with Crippen LogP contribution in [-0.2, 0) is 0 Å². The van der Waals surface area contributed by atoms with Gasteiger partial charge >= 0.3 is 0 Å². The average Bonchev–Trinajstić information content (AvgIpc) is 2.57. The van der Waals surface area contributed by atoms with Crippen molar-refractivity contribution in [2.75, 3.05) is 25.6 Å². The van der Waals surface area contributed by atoms with Gasteiger partial charge < -0.3 is 19.5 Å². The van der Waals surface area contributed by atoms with Crippen LogP contribution < -0.4 is 19.5 Å². The summed E-state index contributed by atoms with van der Waals surface area (Å²) in [4.78, 5) is 12.5. The van der Waals surface area contributed by atoms with Gasteiger partial charge in [-0.2, -0.15) is 0 Å². The van der Waals surface area contributed by atoms with Gasteiger partial charge in [-0.1, -0.05) is 6.07 Å². The number of anilines is 1. The van der Waals surface area contributed by atoms with Crippen LogP contribution in [0.25, 0.3) is 0 Å². The first-order valence-electron chi connectivity index (χ1n) is 7.44. The van der Waals surface area contributed by atoms with Crippen molar-refractivity contribution < 1.29 is 19.0 Å². The molecule has 1 amide bonds. The van der Waals surface area contributed by atoms with E-state index in [9.17, 15) is 4.79 Å². The molecule has 1 aliphatic heterocycles. The van der Waals surface area contributed by atoms with Crippen molar-refractivity contribution in [1.29, 1.82) is 0 Å². The van der Waals surface area contributed by atoms with Crippen molar-refractivity contribution in [3.05, 3.63) is 47.0 Å². The maximum absolute atomic E-state index is 12.5. The topological polar surface area (TPSA) is 56.8 Å². The summed E-state index contributed by atoms with van der Waals surface area (Å²) >= 11 is 0. The highest BCUT2D eigenvalue weighted by molar-refractivity contribution is 6.05. The summed E-state index contributed by atoms with van der Waals surface area (Å²) in [5, 5.41) is 2.89. The van der Waals surface area contributed by atoms with Crippen molar-refractivity contribution in [3.8, 4) is 17.2 Å². The lowest BCUT2D eigenvalue weighted by atomic mass is 10.1. The number of aryl methyl sites for hydroxylation is 2. The second-order valence-corrected chi connectivity index (χ2v) is 5.46. The molecule has 120 valence electrons. The zero-order valence-corrected chi connectivity index (χ0v) is 13.4. The fraction of sp³-hybridized carbons (Fsp3) is 0.278. The Balaban J connectivity index is 1.88. The molecule has 3 rings (SSSR count). The molecule has 1 aliphatic rings. The first-order valence-corrected chi connectivity index (χ1v) is 7.44.